The number of anilines is 1. The van der Waals surface area contributed by atoms with Gasteiger partial charge in [-0.1, -0.05) is 0 Å². The molecule has 1 aromatic heterocycles. The van der Waals surface area contributed by atoms with Crippen LogP contribution in [0.4, 0.5) is 19.0 Å². The number of pyridine rings is 1. The molecule has 1 aliphatic heterocycles. The van der Waals surface area contributed by atoms with Gasteiger partial charge < -0.3 is 10.2 Å². The maximum Gasteiger partial charge on any atom is 0.393 e. The van der Waals surface area contributed by atoms with Crippen LogP contribution in [0.1, 0.15) is 31.2 Å². The molecule has 2 heterocycles. The van der Waals surface area contributed by atoms with Crippen molar-refractivity contribution >= 4 is 5.82 Å². The van der Waals surface area contributed by atoms with Crippen molar-refractivity contribution in [1.82, 2.24) is 10.3 Å². The molecule has 3 rings (SSSR count). The second-order valence-corrected chi connectivity index (χ2v) is 6.00. The zero-order valence-electron chi connectivity index (χ0n) is 11.9. The Kier molecular flexibility index (Phi) is 4.06. The Morgan fingerprint density at radius 3 is 2.81 bits per heavy atom. The molecule has 21 heavy (non-hydrogen) atoms. The molecular formula is C15H20F3N3. The van der Waals surface area contributed by atoms with E-state index in [1.54, 1.807) is 11.1 Å². The van der Waals surface area contributed by atoms with Crippen molar-refractivity contribution in [2.45, 2.75) is 44.4 Å². The SMILES string of the molecule is FC(F)(F)C1CCCN(c2cc(CNC3CC3)ccn2)C1. The first-order chi connectivity index (χ1) is 10.0. The fourth-order valence-electron chi connectivity index (χ4n) is 2.75. The van der Waals surface area contributed by atoms with Crippen LogP contribution in [0, 0.1) is 5.92 Å². The van der Waals surface area contributed by atoms with Crippen LogP contribution in [0.3, 0.4) is 0 Å². The van der Waals surface area contributed by atoms with Crippen LogP contribution in [0.15, 0.2) is 18.3 Å². The van der Waals surface area contributed by atoms with Crippen LogP contribution < -0.4 is 10.2 Å². The van der Waals surface area contributed by atoms with Gasteiger partial charge >= 0.3 is 6.18 Å². The van der Waals surface area contributed by atoms with E-state index in [2.05, 4.69) is 10.3 Å². The molecule has 0 radical (unpaired) electrons. The van der Waals surface area contributed by atoms with Gasteiger partial charge in [-0.25, -0.2) is 4.98 Å². The Hall–Kier alpha value is -1.30. The van der Waals surface area contributed by atoms with E-state index in [1.165, 1.54) is 12.8 Å². The highest BCUT2D eigenvalue weighted by atomic mass is 19.4. The Morgan fingerprint density at radius 2 is 2.10 bits per heavy atom. The van der Waals surface area contributed by atoms with Crippen molar-refractivity contribution in [2.24, 2.45) is 5.92 Å². The predicted octanol–water partition coefficient (Wildman–Crippen LogP) is 3.11. The normalized spacial score (nSPS) is 23.4. The Bertz CT molecular complexity index is 485. The number of nitrogens with one attached hydrogen (secondary N) is 1. The van der Waals surface area contributed by atoms with Crippen LogP contribution in [0.5, 0.6) is 0 Å². The van der Waals surface area contributed by atoms with Crippen molar-refractivity contribution in [1.29, 1.82) is 0 Å². The fourth-order valence-corrected chi connectivity index (χ4v) is 2.75. The summed E-state index contributed by atoms with van der Waals surface area (Å²) >= 11 is 0. The maximum atomic E-state index is 12.9. The molecule has 1 unspecified atom stereocenters. The zero-order valence-corrected chi connectivity index (χ0v) is 11.9. The second kappa shape index (κ2) is 5.83. The number of hydrogen-bond acceptors (Lipinski definition) is 3. The van der Waals surface area contributed by atoms with Gasteiger partial charge in [0.2, 0.25) is 0 Å². The number of piperidine rings is 1. The van der Waals surface area contributed by atoms with E-state index in [9.17, 15) is 13.2 Å². The monoisotopic (exact) mass is 299 g/mol. The summed E-state index contributed by atoms with van der Waals surface area (Å²) in [6, 6.07) is 4.45. The van der Waals surface area contributed by atoms with E-state index >= 15 is 0 Å². The van der Waals surface area contributed by atoms with Gasteiger partial charge in [0, 0.05) is 31.9 Å². The third-order valence-corrected chi connectivity index (χ3v) is 4.19. The lowest BCUT2D eigenvalue weighted by Crippen LogP contribution is -2.42. The molecule has 0 aromatic carbocycles. The van der Waals surface area contributed by atoms with Crippen molar-refractivity contribution in [3.8, 4) is 0 Å². The van der Waals surface area contributed by atoms with E-state index in [4.69, 9.17) is 0 Å². The summed E-state index contributed by atoms with van der Waals surface area (Å²) in [5.74, 6) is -0.569. The van der Waals surface area contributed by atoms with Crippen LogP contribution in [0.2, 0.25) is 0 Å². The summed E-state index contributed by atoms with van der Waals surface area (Å²) in [6.45, 7) is 1.44. The molecular weight excluding hydrogens is 279 g/mol. The third kappa shape index (κ3) is 3.87. The van der Waals surface area contributed by atoms with Gasteiger partial charge in [0.15, 0.2) is 0 Å². The predicted molar refractivity (Wildman–Crippen MR) is 75.1 cm³/mol. The molecule has 1 aliphatic carbocycles. The number of hydrogen-bond donors (Lipinski definition) is 1. The third-order valence-electron chi connectivity index (χ3n) is 4.19. The minimum absolute atomic E-state index is 0.0238. The van der Waals surface area contributed by atoms with Gasteiger partial charge in [0.1, 0.15) is 5.82 Å². The second-order valence-electron chi connectivity index (χ2n) is 6.00. The quantitative estimate of drug-likeness (QED) is 0.926. The number of rotatable bonds is 4. The minimum atomic E-state index is -4.11. The number of halogens is 3. The molecule has 3 nitrogen and oxygen atoms in total. The summed E-state index contributed by atoms with van der Waals surface area (Å²) < 4.78 is 38.6. The molecule has 116 valence electrons. The molecule has 1 saturated heterocycles. The first kappa shape index (κ1) is 14.6. The first-order valence-corrected chi connectivity index (χ1v) is 7.52. The van der Waals surface area contributed by atoms with Crippen molar-refractivity contribution in [2.75, 3.05) is 18.0 Å². The van der Waals surface area contributed by atoms with Crippen molar-refractivity contribution in [3.63, 3.8) is 0 Å². The van der Waals surface area contributed by atoms with Crippen LogP contribution in [0.25, 0.3) is 0 Å². The zero-order chi connectivity index (χ0) is 14.9. The van der Waals surface area contributed by atoms with Gasteiger partial charge in [-0.2, -0.15) is 13.2 Å². The Morgan fingerprint density at radius 1 is 1.29 bits per heavy atom. The lowest BCUT2D eigenvalue weighted by atomic mass is 9.97. The smallest absolute Gasteiger partial charge is 0.356 e. The van der Waals surface area contributed by atoms with Gasteiger partial charge in [0.05, 0.1) is 5.92 Å². The average molecular weight is 299 g/mol. The summed E-state index contributed by atoms with van der Waals surface area (Å²) in [5, 5.41) is 3.41. The van der Waals surface area contributed by atoms with Gasteiger partial charge in [-0.3, -0.25) is 0 Å². The van der Waals surface area contributed by atoms with Crippen LogP contribution in [-0.4, -0.2) is 30.3 Å². The lowest BCUT2D eigenvalue weighted by molar-refractivity contribution is -0.176. The standard InChI is InChI=1S/C15H20F3N3/c16-15(17,18)12-2-1-7-21(10-12)14-8-11(5-6-19-14)9-20-13-3-4-13/h5-6,8,12-13,20H,1-4,7,9-10H2. The highest BCUT2D eigenvalue weighted by molar-refractivity contribution is 5.41. The van der Waals surface area contributed by atoms with E-state index in [-0.39, 0.29) is 13.0 Å². The topological polar surface area (TPSA) is 28.2 Å². The summed E-state index contributed by atoms with van der Waals surface area (Å²) in [5.41, 5.74) is 1.08. The highest BCUT2D eigenvalue weighted by Gasteiger charge is 2.42. The number of nitrogens with zero attached hydrogens (tertiary/aromatic N) is 2. The molecule has 1 atom stereocenters. The molecule has 2 aliphatic rings. The van der Waals surface area contributed by atoms with Crippen LogP contribution >= 0.6 is 0 Å². The molecule has 0 spiro atoms. The molecule has 2 fully saturated rings. The molecule has 0 amide bonds. The molecule has 0 bridgehead atoms. The summed E-state index contributed by atoms with van der Waals surface area (Å²) in [4.78, 5) is 6.02. The van der Waals surface area contributed by atoms with E-state index < -0.39 is 12.1 Å². The average Bonchev–Trinajstić information content (AvgIpc) is 3.29. The van der Waals surface area contributed by atoms with E-state index in [0.29, 0.717) is 24.8 Å². The molecule has 1 saturated carbocycles. The van der Waals surface area contributed by atoms with E-state index in [0.717, 1.165) is 12.1 Å². The van der Waals surface area contributed by atoms with Crippen molar-refractivity contribution < 1.29 is 13.2 Å². The van der Waals surface area contributed by atoms with Crippen molar-refractivity contribution in [3.05, 3.63) is 23.9 Å². The van der Waals surface area contributed by atoms with Gasteiger partial charge in [-0.15, -0.1) is 0 Å². The molecule has 1 aromatic rings. The van der Waals surface area contributed by atoms with Gasteiger partial charge in [0.25, 0.3) is 0 Å². The van der Waals surface area contributed by atoms with Crippen LogP contribution in [-0.2, 0) is 6.54 Å². The largest absolute Gasteiger partial charge is 0.393 e. The summed E-state index contributed by atoms with van der Waals surface area (Å²) in [7, 11) is 0. The molecule has 6 heteroatoms. The summed E-state index contributed by atoms with van der Waals surface area (Å²) in [6.07, 6.45) is 0.814. The highest BCUT2D eigenvalue weighted by Crippen LogP contribution is 2.34. The Balaban J connectivity index is 1.65. The Labute approximate surface area is 122 Å². The van der Waals surface area contributed by atoms with E-state index in [1.807, 2.05) is 12.1 Å². The number of alkyl halides is 3. The number of aromatic nitrogens is 1. The molecule has 1 N–H and O–H groups in total. The lowest BCUT2D eigenvalue weighted by Gasteiger charge is -2.34. The fraction of sp³-hybridized carbons (Fsp3) is 0.667. The minimum Gasteiger partial charge on any atom is -0.356 e. The van der Waals surface area contributed by atoms with Gasteiger partial charge in [-0.05, 0) is 43.4 Å². The first-order valence-electron chi connectivity index (χ1n) is 7.52. The maximum absolute atomic E-state index is 12.9.